The number of ether oxygens (including phenoxy) is 2. The number of thioether (sulfide) groups is 1. The molecule has 2 saturated heterocycles. The van der Waals surface area contributed by atoms with E-state index in [-0.39, 0.29) is 11.3 Å². The first kappa shape index (κ1) is 18.5. The molecule has 0 saturated carbocycles. The van der Waals surface area contributed by atoms with Crippen molar-refractivity contribution in [3.8, 4) is 5.75 Å². The molecule has 0 bridgehead atoms. The van der Waals surface area contributed by atoms with Gasteiger partial charge < -0.3 is 20.1 Å². The highest BCUT2D eigenvalue weighted by molar-refractivity contribution is 7.99. The minimum Gasteiger partial charge on any atom is -0.497 e. The predicted octanol–water partition coefficient (Wildman–Crippen LogP) is 1.95. The zero-order valence-electron chi connectivity index (χ0n) is 14.9. The monoisotopic (exact) mass is 364 g/mol. The van der Waals surface area contributed by atoms with Crippen LogP contribution in [0.1, 0.15) is 24.8 Å². The zero-order chi connectivity index (χ0) is 17.5. The van der Waals surface area contributed by atoms with Crippen molar-refractivity contribution in [1.82, 2.24) is 10.6 Å². The van der Waals surface area contributed by atoms with Gasteiger partial charge in [0.2, 0.25) is 5.91 Å². The maximum Gasteiger partial charge on any atom is 0.221 e. The van der Waals surface area contributed by atoms with Crippen LogP contribution in [-0.4, -0.2) is 56.9 Å². The van der Waals surface area contributed by atoms with Crippen molar-refractivity contribution in [2.75, 3.05) is 44.9 Å². The molecule has 1 aromatic carbocycles. The van der Waals surface area contributed by atoms with Crippen molar-refractivity contribution in [2.24, 2.45) is 0 Å². The minimum absolute atomic E-state index is 0.0467. The minimum atomic E-state index is -0.0467. The SMILES string of the molecule is COc1ccc(C2(CNC(=O)CC3CSCCN3)CCOCC2)cc1. The smallest absolute Gasteiger partial charge is 0.221 e. The van der Waals surface area contributed by atoms with E-state index in [0.717, 1.165) is 49.9 Å². The highest BCUT2D eigenvalue weighted by atomic mass is 32.2. The maximum atomic E-state index is 12.4. The summed E-state index contributed by atoms with van der Waals surface area (Å²) in [4.78, 5) is 12.4. The molecule has 0 aromatic heterocycles. The lowest BCUT2D eigenvalue weighted by molar-refractivity contribution is -0.122. The third-order valence-corrected chi connectivity index (χ3v) is 6.34. The molecular weight excluding hydrogens is 336 g/mol. The van der Waals surface area contributed by atoms with Gasteiger partial charge in [-0.25, -0.2) is 0 Å². The van der Waals surface area contributed by atoms with Gasteiger partial charge in [-0.15, -0.1) is 0 Å². The van der Waals surface area contributed by atoms with Crippen LogP contribution < -0.4 is 15.4 Å². The highest BCUT2D eigenvalue weighted by Crippen LogP contribution is 2.35. The number of carbonyl (C=O) groups is 1. The molecule has 25 heavy (non-hydrogen) atoms. The van der Waals surface area contributed by atoms with Gasteiger partial charge in [0.05, 0.1) is 7.11 Å². The summed E-state index contributed by atoms with van der Waals surface area (Å²) in [6.07, 6.45) is 2.41. The first-order valence-corrected chi connectivity index (χ1v) is 10.2. The summed E-state index contributed by atoms with van der Waals surface area (Å²) < 4.78 is 10.8. The van der Waals surface area contributed by atoms with E-state index in [9.17, 15) is 4.79 Å². The Hall–Kier alpha value is -1.24. The number of rotatable bonds is 6. The molecule has 2 N–H and O–H groups in total. The van der Waals surface area contributed by atoms with E-state index in [1.807, 2.05) is 23.9 Å². The largest absolute Gasteiger partial charge is 0.497 e. The van der Waals surface area contributed by atoms with Gasteiger partial charge in [0.1, 0.15) is 5.75 Å². The van der Waals surface area contributed by atoms with Gasteiger partial charge in [-0.2, -0.15) is 11.8 Å². The van der Waals surface area contributed by atoms with Crippen molar-refractivity contribution in [1.29, 1.82) is 0 Å². The van der Waals surface area contributed by atoms with Crippen LogP contribution in [0, 0.1) is 0 Å². The molecule has 5 nitrogen and oxygen atoms in total. The van der Waals surface area contributed by atoms with Crippen LogP contribution in [0.4, 0.5) is 0 Å². The Labute approximate surface area is 154 Å². The first-order chi connectivity index (χ1) is 12.2. The molecule has 2 heterocycles. The molecule has 1 aromatic rings. The van der Waals surface area contributed by atoms with Crippen molar-refractivity contribution in [2.45, 2.75) is 30.7 Å². The summed E-state index contributed by atoms with van der Waals surface area (Å²) in [6, 6.07) is 8.53. The summed E-state index contributed by atoms with van der Waals surface area (Å²) >= 11 is 1.92. The van der Waals surface area contributed by atoms with Crippen LogP contribution in [0.15, 0.2) is 24.3 Å². The van der Waals surface area contributed by atoms with Crippen molar-refractivity contribution in [3.63, 3.8) is 0 Å². The molecule has 1 atom stereocenters. The molecule has 1 unspecified atom stereocenters. The van der Waals surface area contributed by atoms with Crippen molar-refractivity contribution >= 4 is 17.7 Å². The van der Waals surface area contributed by atoms with E-state index < -0.39 is 0 Å². The van der Waals surface area contributed by atoms with E-state index in [1.54, 1.807) is 7.11 Å². The molecule has 0 aliphatic carbocycles. The second-order valence-electron chi connectivity index (χ2n) is 6.83. The van der Waals surface area contributed by atoms with E-state index in [0.29, 0.717) is 19.0 Å². The average Bonchev–Trinajstić information content (AvgIpc) is 2.68. The number of hydrogen-bond acceptors (Lipinski definition) is 5. The Kier molecular flexibility index (Phi) is 6.62. The lowest BCUT2D eigenvalue weighted by atomic mass is 9.74. The Balaban J connectivity index is 1.62. The number of carbonyl (C=O) groups excluding carboxylic acids is 1. The molecule has 2 aliphatic heterocycles. The van der Waals surface area contributed by atoms with Gasteiger partial charge in [-0.05, 0) is 30.5 Å². The molecular formula is C19H28N2O3S. The van der Waals surface area contributed by atoms with E-state index in [1.165, 1.54) is 5.56 Å². The van der Waals surface area contributed by atoms with Gasteiger partial charge in [0.15, 0.2) is 0 Å². The third-order valence-electron chi connectivity index (χ3n) is 5.21. The molecule has 1 amide bonds. The Bertz CT molecular complexity index is 552. The van der Waals surface area contributed by atoms with Gasteiger partial charge in [0.25, 0.3) is 0 Å². The van der Waals surface area contributed by atoms with Gasteiger partial charge in [0, 0.05) is 55.7 Å². The fourth-order valence-corrected chi connectivity index (χ4v) is 4.54. The normalized spacial score (nSPS) is 23.0. The summed E-state index contributed by atoms with van der Waals surface area (Å²) in [5.41, 5.74) is 1.21. The van der Waals surface area contributed by atoms with Gasteiger partial charge >= 0.3 is 0 Å². The van der Waals surface area contributed by atoms with Crippen molar-refractivity contribution in [3.05, 3.63) is 29.8 Å². The topological polar surface area (TPSA) is 59.6 Å². The summed E-state index contributed by atoms with van der Waals surface area (Å²) in [5, 5.41) is 6.62. The summed E-state index contributed by atoms with van der Waals surface area (Å²) in [7, 11) is 1.68. The highest BCUT2D eigenvalue weighted by Gasteiger charge is 2.35. The molecule has 3 rings (SSSR count). The summed E-state index contributed by atoms with van der Waals surface area (Å²) in [5.74, 6) is 3.15. The number of amides is 1. The van der Waals surface area contributed by atoms with Crippen LogP contribution in [0.2, 0.25) is 0 Å². The number of nitrogens with one attached hydrogen (secondary N) is 2. The van der Waals surface area contributed by atoms with Gasteiger partial charge in [-0.1, -0.05) is 12.1 Å². The molecule has 6 heteroatoms. The Morgan fingerprint density at radius 1 is 1.36 bits per heavy atom. The Morgan fingerprint density at radius 2 is 2.12 bits per heavy atom. The standard InChI is InChI=1S/C19H28N2O3S/c1-23-17-4-2-15(3-5-17)19(6-9-24-10-7-19)14-21-18(22)12-16-13-25-11-8-20-16/h2-5,16,20H,6-14H2,1H3,(H,21,22). The number of methoxy groups -OCH3 is 1. The lowest BCUT2D eigenvalue weighted by Gasteiger charge is -2.38. The third kappa shape index (κ3) is 4.90. The lowest BCUT2D eigenvalue weighted by Crippen LogP contribution is -2.47. The Morgan fingerprint density at radius 3 is 2.76 bits per heavy atom. The predicted molar refractivity (Wildman–Crippen MR) is 101 cm³/mol. The fraction of sp³-hybridized carbons (Fsp3) is 0.632. The van der Waals surface area contributed by atoms with E-state index >= 15 is 0 Å². The van der Waals surface area contributed by atoms with E-state index in [4.69, 9.17) is 9.47 Å². The molecule has 138 valence electrons. The van der Waals surface area contributed by atoms with Crippen LogP contribution >= 0.6 is 11.8 Å². The average molecular weight is 365 g/mol. The van der Waals surface area contributed by atoms with E-state index in [2.05, 4.69) is 22.8 Å². The first-order valence-electron chi connectivity index (χ1n) is 9.02. The van der Waals surface area contributed by atoms with Crippen LogP contribution in [0.5, 0.6) is 5.75 Å². The van der Waals surface area contributed by atoms with Crippen LogP contribution in [0.3, 0.4) is 0 Å². The maximum absolute atomic E-state index is 12.4. The van der Waals surface area contributed by atoms with Crippen molar-refractivity contribution < 1.29 is 14.3 Å². The second kappa shape index (κ2) is 8.92. The second-order valence-corrected chi connectivity index (χ2v) is 7.98. The zero-order valence-corrected chi connectivity index (χ0v) is 15.7. The molecule has 0 spiro atoms. The molecule has 0 radical (unpaired) electrons. The number of hydrogen-bond donors (Lipinski definition) is 2. The van der Waals surface area contributed by atoms with Gasteiger partial charge in [-0.3, -0.25) is 4.79 Å². The summed E-state index contributed by atoms with van der Waals surface area (Å²) in [6.45, 7) is 3.14. The number of benzene rings is 1. The molecule has 2 aliphatic rings. The quantitative estimate of drug-likeness (QED) is 0.808. The fourth-order valence-electron chi connectivity index (χ4n) is 3.59. The molecule has 2 fully saturated rings. The van der Waals surface area contributed by atoms with Crippen LogP contribution in [0.25, 0.3) is 0 Å². The van der Waals surface area contributed by atoms with Crippen LogP contribution in [-0.2, 0) is 14.9 Å².